The third kappa shape index (κ3) is 5.32. The molecule has 2 saturated heterocycles. The number of rotatable bonds is 6. The summed E-state index contributed by atoms with van der Waals surface area (Å²) < 4.78 is 5.35. The van der Waals surface area contributed by atoms with E-state index < -0.39 is 12.0 Å². The van der Waals surface area contributed by atoms with Gasteiger partial charge in [0.25, 0.3) is 0 Å². The van der Waals surface area contributed by atoms with Crippen LogP contribution in [0, 0.1) is 5.92 Å². The van der Waals surface area contributed by atoms with Gasteiger partial charge in [-0.25, -0.2) is 0 Å². The zero-order chi connectivity index (χ0) is 19.9. The summed E-state index contributed by atoms with van der Waals surface area (Å²) in [5, 5.41) is 9.07. The lowest BCUT2D eigenvalue weighted by Crippen LogP contribution is -2.53. The van der Waals surface area contributed by atoms with Gasteiger partial charge in [-0.05, 0) is 24.8 Å². The van der Waals surface area contributed by atoms with Crippen molar-refractivity contribution < 1.29 is 24.2 Å². The molecule has 7 heteroatoms. The van der Waals surface area contributed by atoms with Crippen LogP contribution in [0.15, 0.2) is 30.3 Å². The molecule has 1 atom stereocenters. The molecular formula is C21H28N2O5. The molecule has 1 aromatic carbocycles. The van der Waals surface area contributed by atoms with Gasteiger partial charge in [-0.3, -0.25) is 14.4 Å². The molecule has 0 aromatic heterocycles. The number of likely N-dealkylation sites (tertiary alicyclic amines) is 1. The number of carboxylic acid groups (broad SMARTS) is 1. The highest BCUT2D eigenvalue weighted by Gasteiger charge is 2.35. The number of carboxylic acids is 1. The van der Waals surface area contributed by atoms with E-state index in [0.717, 1.165) is 12.0 Å². The molecule has 1 N–H and O–H groups in total. The molecule has 2 aliphatic heterocycles. The van der Waals surface area contributed by atoms with Gasteiger partial charge in [0.1, 0.15) is 0 Å². The van der Waals surface area contributed by atoms with E-state index in [1.165, 1.54) is 0 Å². The van der Waals surface area contributed by atoms with Gasteiger partial charge in [0, 0.05) is 32.0 Å². The van der Waals surface area contributed by atoms with Gasteiger partial charge in [0.15, 0.2) is 0 Å². The summed E-state index contributed by atoms with van der Waals surface area (Å²) in [6.45, 7) is 2.32. The summed E-state index contributed by atoms with van der Waals surface area (Å²) in [7, 11) is 0. The summed E-state index contributed by atoms with van der Waals surface area (Å²) in [6, 6.07) is 9.55. The van der Waals surface area contributed by atoms with Crippen molar-refractivity contribution in [3.05, 3.63) is 35.9 Å². The maximum absolute atomic E-state index is 12.9. The number of carbonyl (C=O) groups excluding carboxylic acids is 2. The molecular weight excluding hydrogens is 360 g/mol. The Hall–Kier alpha value is -2.41. The van der Waals surface area contributed by atoms with E-state index in [4.69, 9.17) is 9.84 Å². The lowest BCUT2D eigenvalue weighted by Gasteiger charge is -2.39. The summed E-state index contributed by atoms with van der Waals surface area (Å²) in [4.78, 5) is 40.0. The van der Waals surface area contributed by atoms with Crippen LogP contribution < -0.4 is 0 Å². The van der Waals surface area contributed by atoms with E-state index in [2.05, 4.69) is 0 Å². The number of benzene rings is 1. The van der Waals surface area contributed by atoms with Crippen molar-refractivity contribution in [3.63, 3.8) is 0 Å². The molecule has 2 amide bonds. The zero-order valence-electron chi connectivity index (χ0n) is 16.1. The SMILES string of the molecule is O=C(O)CC1COCCN1C(=O)C1CCN(C(=O)CCc2ccccc2)CC1. The summed E-state index contributed by atoms with van der Waals surface area (Å²) in [5.74, 6) is -0.935. The number of amides is 2. The Morgan fingerprint density at radius 2 is 1.79 bits per heavy atom. The van der Waals surface area contributed by atoms with Crippen molar-refractivity contribution in [1.82, 2.24) is 9.80 Å². The molecule has 7 nitrogen and oxygen atoms in total. The first-order chi connectivity index (χ1) is 13.5. The van der Waals surface area contributed by atoms with Crippen LogP contribution in [-0.4, -0.2) is 71.6 Å². The Kier molecular flexibility index (Phi) is 7.03. The number of hydrogen-bond acceptors (Lipinski definition) is 4. The molecule has 2 aliphatic rings. The van der Waals surface area contributed by atoms with Gasteiger partial charge in [0.2, 0.25) is 11.8 Å². The standard InChI is InChI=1S/C21H28N2O5/c24-19(7-6-16-4-2-1-3-5-16)22-10-8-17(9-11-22)21(27)23-12-13-28-15-18(23)14-20(25)26/h1-5,17-18H,6-15H2,(H,25,26). The largest absolute Gasteiger partial charge is 0.481 e. The number of morpholine rings is 1. The van der Waals surface area contributed by atoms with Crippen LogP contribution >= 0.6 is 0 Å². The summed E-state index contributed by atoms with van der Waals surface area (Å²) >= 11 is 0. The minimum Gasteiger partial charge on any atom is -0.481 e. The third-order valence-corrected chi connectivity index (χ3v) is 5.59. The molecule has 1 aromatic rings. The van der Waals surface area contributed by atoms with E-state index in [1.54, 1.807) is 4.90 Å². The fourth-order valence-electron chi connectivity index (χ4n) is 3.98. The maximum Gasteiger partial charge on any atom is 0.305 e. The summed E-state index contributed by atoms with van der Waals surface area (Å²) in [5.41, 5.74) is 1.15. The van der Waals surface area contributed by atoms with E-state index >= 15 is 0 Å². The molecule has 28 heavy (non-hydrogen) atoms. The fourth-order valence-corrected chi connectivity index (χ4v) is 3.98. The molecule has 3 rings (SSSR count). The Morgan fingerprint density at radius 3 is 2.46 bits per heavy atom. The lowest BCUT2D eigenvalue weighted by molar-refractivity contribution is -0.151. The van der Waals surface area contributed by atoms with E-state index in [-0.39, 0.29) is 30.8 Å². The average molecular weight is 388 g/mol. The van der Waals surface area contributed by atoms with Crippen LogP contribution in [0.1, 0.15) is 31.2 Å². The van der Waals surface area contributed by atoms with Gasteiger partial charge in [0.05, 0.1) is 25.7 Å². The van der Waals surface area contributed by atoms with Gasteiger partial charge in [-0.15, -0.1) is 0 Å². The van der Waals surface area contributed by atoms with Crippen molar-refractivity contribution in [2.45, 2.75) is 38.1 Å². The second-order valence-electron chi connectivity index (χ2n) is 7.50. The molecule has 0 aliphatic carbocycles. The minimum absolute atomic E-state index is 0.00549. The molecule has 0 spiro atoms. The Balaban J connectivity index is 1.48. The van der Waals surface area contributed by atoms with Gasteiger partial charge < -0.3 is 19.6 Å². The average Bonchev–Trinajstić information content (AvgIpc) is 2.72. The first-order valence-electron chi connectivity index (χ1n) is 9.96. The van der Waals surface area contributed by atoms with Crippen molar-refractivity contribution >= 4 is 17.8 Å². The highest BCUT2D eigenvalue weighted by molar-refractivity contribution is 5.81. The number of hydrogen-bond donors (Lipinski definition) is 1. The number of aryl methyl sites for hydroxylation is 1. The van der Waals surface area contributed by atoms with Crippen LogP contribution in [0.2, 0.25) is 0 Å². The van der Waals surface area contributed by atoms with Crippen molar-refractivity contribution in [1.29, 1.82) is 0 Å². The monoisotopic (exact) mass is 388 g/mol. The molecule has 2 heterocycles. The lowest BCUT2D eigenvalue weighted by atomic mass is 9.93. The minimum atomic E-state index is -0.924. The summed E-state index contributed by atoms with van der Waals surface area (Å²) in [6.07, 6.45) is 2.37. The first kappa shape index (κ1) is 20.3. The van der Waals surface area contributed by atoms with Gasteiger partial charge in [-0.1, -0.05) is 30.3 Å². The molecule has 2 fully saturated rings. The smallest absolute Gasteiger partial charge is 0.305 e. The van der Waals surface area contributed by atoms with Crippen molar-refractivity contribution in [3.8, 4) is 0 Å². The Labute approximate surface area is 165 Å². The van der Waals surface area contributed by atoms with Crippen LogP contribution in [-0.2, 0) is 25.5 Å². The van der Waals surface area contributed by atoms with Crippen molar-refractivity contribution in [2.75, 3.05) is 32.8 Å². The maximum atomic E-state index is 12.9. The molecule has 0 saturated carbocycles. The Bertz CT molecular complexity index is 685. The predicted molar refractivity (Wildman–Crippen MR) is 103 cm³/mol. The molecule has 1 unspecified atom stereocenters. The van der Waals surface area contributed by atoms with Crippen LogP contribution in [0.3, 0.4) is 0 Å². The molecule has 0 radical (unpaired) electrons. The third-order valence-electron chi connectivity index (χ3n) is 5.59. The molecule has 0 bridgehead atoms. The van der Waals surface area contributed by atoms with E-state index in [1.807, 2.05) is 35.2 Å². The predicted octanol–water partition coefficient (Wildman–Crippen LogP) is 1.56. The normalized spacial score (nSPS) is 20.8. The number of piperidine rings is 1. The Morgan fingerprint density at radius 1 is 1.07 bits per heavy atom. The molecule has 152 valence electrons. The number of aliphatic carboxylic acids is 1. The van der Waals surface area contributed by atoms with E-state index in [0.29, 0.717) is 45.5 Å². The van der Waals surface area contributed by atoms with Gasteiger partial charge in [-0.2, -0.15) is 0 Å². The van der Waals surface area contributed by atoms with Crippen molar-refractivity contribution in [2.24, 2.45) is 5.92 Å². The highest BCUT2D eigenvalue weighted by Crippen LogP contribution is 2.23. The topological polar surface area (TPSA) is 87.2 Å². The number of ether oxygens (including phenoxy) is 1. The second kappa shape index (κ2) is 9.68. The fraction of sp³-hybridized carbons (Fsp3) is 0.571. The zero-order valence-corrected chi connectivity index (χ0v) is 16.1. The first-order valence-corrected chi connectivity index (χ1v) is 9.96. The number of nitrogens with zero attached hydrogens (tertiary/aromatic N) is 2. The second-order valence-corrected chi connectivity index (χ2v) is 7.50. The quantitative estimate of drug-likeness (QED) is 0.799. The van der Waals surface area contributed by atoms with E-state index in [9.17, 15) is 14.4 Å². The number of carbonyl (C=O) groups is 3. The van der Waals surface area contributed by atoms with Crippen LogP contribution in [0.5, 0.6) is 0 Å². The van der Waals surface area contributed by atoms with Crippen LogP contribution in [0.4, 0.5) is 0 Å². The van der Waals surface area contributed by atoms with Gasteiger partial charge >= 0.3 is 5.97 Å². The van der Waals surface area contributed by atoms with Crippen LogP contribution in [0.25, 0.3) is 0 Å². The highest BCUT2D eigenvalue weighted by atomic mass is 16.5.